The molecular formula is C14H23N3O2. The zero-order valence-corrected chi connectivity index (χ0v) is 11.5. The molecule has 5 nitrogen and oxygen atoms in total. The van der Waals surface area contributed by atoms with Gasteiger partial charge in [0.2, 0.25) is 5.91 Å². The van der Waals surface area contributed by atoms with Crippen LogP contribution >= 0.6 is 0 Å². The SMILES string of the molecule is CCC(NC1CCN(CC(N)=O)CC1)c1ccco1. The third kappa shape index (κ3) is 4.08. The number of likely N-dealkylation sites (tertiary alicyclic amines) is 1. The minimum Gasteiger partial charge on any atom is -0.468 e. The highest BCUT2D eigenvalue weighted by atomic mass is 16.3. The van der Waals surface area contributed by atoms with E-state index in [2.05, 4.69) is 17.1 Å². The summed E-state index contributed by atoms with van der Waals surface area (Å²) in [5.74, 6) is 0.760. The first-order valence-electron chi connectivity index (χ1n) is 6.99. The van der Waals surface area contributed by atoms with Crippen molar-refractivity contribution in [3.63, 3.8) is 0 Å². The number of hydrogen-bond acceptors (Lipinski definition) is 4. The van der Waals surface area contributed by atoms with Crippen molar-refractivity contribution in [2.45, 2.75) is 38.3 Å². The molecule has 1 amide bonds. The molecule has 2 rings (SSSR count). The van der Waals surface area contributed by atoms with E-state index in [9.17, 15) is 4.79 Å². The molecule has 19 heavy (non-hydrogen) atoms. The Bertz CT molecular complexity index is 383. The van der Waals surface area contributed by atoms with E-state index >= 15 is 0 Å². The maximum atomic E-state index is 10.9. The average molecular weight is 265 g/mol. The summed E-state index contributed by atoms with van der Waals surface area (Å²) in [5, 5.41) is 3.65. The van der Waals surface area contributed by atoms with Crippen LogP contribution in [0.5, 0.6) is 0 Å². The zero-order chi connectivity index (χ0) is 13.7. The van der Waals surface area contributed by atoms with Crippen LogP contribution in [0.15, 0.2) is 22.8 Å². The van der Waals surface area contributed by atoms with E-state index in [0.29, 0.717) is 12.6 Å². The lowest BCUT2D eigenvalue weighted by Crippen LogP contribution is -2.45. The summed E-state index contributed by atoms with van der Waals surface area (Å²) in [6, 6.07) is 4.71. The van der Waals surface area contributed by atoms with E-state index in [1.807, 2.05) is 12.1 Å². The Labute approximate surface area is 114 Å². The smallest absolute Gasteiger partial charge is 0.231 e. The van der Waals surface area contributed by atoms with Crippen LogP contribution in [0.25, 0.3) is 0 Å². The van der Waals surface area contributed by atoms with Gasteiger partial charge in [-0.05, 0) is 31.4 Å². The van der Waals surface area contributed by atoms with Gasteiger partial charge in [-0.2, -0.15) is 0 Å². The fourth-order valence-electron chi connectivity index (χ4n) is 2.65. The van der Waals surface area contributed by atoms with Gasteiger partial charge in [0.1, 0.15) is 5.76 Å². The van der Waals surface area contributed by atoms with E-state index in [-0.39, 0.29) is 11.9 Å². The van der Waals surface area contributed by atoms with Gasteiger partial charge in [-0.15, -0.1) is 0 Å². The predicted molar refractivity (Wildman–Crippen MR) is 73.5 cm³/mol. The quantitative estimate of drug-likeness (QED) is 0.812. The van der Waals surface area contributed by atoms with Gasteiger partial charge in [0, 0.05) is 19.1 Å². The second-order valence-corrected chi connectivity index (χ2v) is 5.16. The molecule has 0 aliphatic carbocycles. The van der Waals surface area contributed by atoms with E-state index < -0.39 is 0 Å². The minimum atomic E-state index is -0.242. The lowest BCUT2D eigenvalue weighted by molar-refractivity contribution is -0.119. The third-order valence-corrected chi connectivity index (χ3v) is 3.70. The molecule has 1 saturated heterocycles. The van der Waals surface area contributed by atoms with Crippen LogP contribution in [-0.2, 0) is 4.79 Å². The summed E-state index contributed by atoms with van der Waals surface area (Å²) < 4.78 is 5.47. The van der Waals surface area contributed by atoms with Crippen molar-refractivity contribution in [1.82, 2.24) is 10.2 Å². The lowest BCUT2D eigenvalue weighted by atomic mass is 10.0. The number of carbonyl (C=O) groups excluding carboxylic acids is 1. The van der Waals surface area contributed by atoms with Crippen LogP contribution in [0.1, 0.15) is 38.0 Å². The van der Waals surface area contributed by atoms with Crippen molar-refractivity contribution in [3.05, 3.63) is 24.2 Å². The summed E-state index contributed by atoms with van der Waals surface area (Å²) >= 11 is 0. The molecule has 0 radical (unpaired) electrons. The predicted octanol–water partition coefficient (Wildman–Crippen LogP) is 1.27. The van der Waals surface area contributed by atoms with Gasteiger partial charge in [-0.25, -0.2) is 0 Å². The van der Waals surface area contributed by atoms with Crippen LogP contribution in [0.3, 0.4) is 0 Å². The van der Waals surface area contributed by atoms with Crippen LogP contribution in [-0.4, -0.2) is 36.5 Å². The Hall–Kier alpha value is -1.33. The molecule has 1 atom stereocenters. The Kier molecular flexibility index (Phi) is 4.99. The highest BCUT2D eigenvalue weighted by Crippen LogP contribution is 2.20. The number of piperidine rings is 1. The lowest BCUT2D eigenvalue weighted by Gasteiger charge is -2.33. The van der Waals surface area contributed by atoms with Crippen molar-refractivity contribution in [2.75, 3.05) is 19.6 Å². The largest absolute Gasteiger partial charge is 0.468 e. The Balaban J connectivity index is 1.80. The number of rotatable bonds is 6. The first kappa shape index (κ1) is 14.1. The summed E-state index contributed by atoms with van der Waals surface area (Å²) in [5.41, 5.74) is 5.22. The standard InChI is InChI=1S/C14H23N3O2/c1-2-12(13-4-3-9-19-13)16-11-5-7-17(8-6-11)10-14(15)18/h3-4,9,11-12,16H,2,5-8,10H2,1H3,(H2,15,18). The van der Waals surface area contributed by atoms with Crippen molar-refractivity contribution >= 4 is 5.91 Å². The van der Waals surface area contributed by atoms with E-state index in [0.717, 1.165) is 38.1 Å². The number of nitrogens with two attached hydrogens (primary N) is 1. The molecule has 3 N–H and O–H groups in total. The molecule has 1 aromatic rings. The van der Waals surface area contributed by atoms with Crippen molar-refractivity contribution in [1.29, 1.82) is 0 Å². The molecule has 1 aliphatic rings. The first-order valence-corrected chi connectivity index (χ1v) is 6.99. The molecule has 0 spiro atoms. The maximum absolute atomic E-state index is 10.9. The summed E-state index contributed by atoms with van der Waals surface area (Å²) in [6.07, 6.45) is 4.82. The van der Waals surface area contributed by atoms with Gasteiger partial charge >= 0.3 is 0 Å². The normalized spacial score (nSPS) is 19.4. The maximum Gasteiger partial charge on any atom is 0.231 e. The number of hydrogen-bond donors (Lipinski definition) is 2. The molecular weight excluding hydrogens is 242 g/mol. The molecule has 2 heterocycles. The van der Waals surface area contributed by atoms with Crippen LogP contribution in [0, 0.1) is 0 Å². The fourth-order valence-corrected chi connectivity index (χ4v) is 2.65. The molecule has 1 unspecified atom stereocenters. The molecule has 1 aliphatic heterocycles. The van der Waals surface area contributed by atoms with Crippen LogP contribution in [0.2, 0.25) is 0 Å². The van der Waals surface area contributed by atoms with E-state index in [4.69, 9.17) is 10.2 Å². The summed E-state index contributed by atoms with van der Waals surface area (Å²) in [7, 11) is 0. The van der Waals surface area contributed by atoms with Crippen LogP contribution < -0.4 is 11.1 Å². The van der Waals surface area contributed by atoms with Gasteiger partial charge in [-0.1, -0.05) is 6.92 Å². The van der Waals surface area contributed by atoms with E-state index in [1.54, 1.807) is 6.26 Å². The Morgan fingerprint density at radius 1 is 1.58 bits per heavy atom. The van der Waals surface area contributed by atoms with Crippen molar-refractivity contribution in [2.24, 2.45) is 5.73 Å². The minimum absolute atomic E-state index is 0.242. The number of nitrogens with one attached hydrogen (secondary N) is 1. The number of nitrogens with zero attached hydrogens (tertiary/aromatic N) is 1. The summed E-state index contributed by atoms with van der Waals surface area (Å²) in [6.45, 7) is 4.38. The van der Waals surface area contributed by atoms with Crippen molar-refractivity contribution < 1.29 is 9.21 Å². The molecule has 0 bridgehead atoms. The molecule has 5 heteroatoms. The van der Waals surface area contributed by atoms with Crippen LogP contribution in [0.4, 0.5) is 0 Å². The number of furan rings is 1. The molecule has 0 saturated carbocycles. The second kappa shape index (κ2) is 6.73. The fraction of sp³-hybridized carbons (Fsp3) is 0.643. The number of amides is 1. The molecule has 1 fully saturated rings. The highest BCUT2D eigenvalue weighted by Gasteiger charge is 2.23. The van der Waals surface area contributed by atoms with Gasteiger partial charge < -0.3 is 15.5 Å². The Morgan fingerprint density at radius 2 is 2.32 bits per heavy atom. The Morgan fingerprint density at radius 3 is 2.84 bits per heavy atom. The monoisotopic (exact) mass is 265 g/mol. The van der Waals surface area contributed by atoms with Gasteiger partial charge in [0.15, 0.2) is 0 Å². The van der Waals surface area contributed by atoms with Gasteiger partial charge in [-0.3, -0.25) is 9.69 Å². The van der Waals surface area contributed by atoms with E-state index in [1.165, 1.54) is 0 Å². The number of primary amides is 1. The number of carbonyl (C=O) groups is 1. The average Bonchev–Trinajstić information content (AvgIpc) is 2.91. The van der Waals surface area contributed by atoms with Gasteiger partial charge in [0.25, 0.3) is 0 Å². The molecule has 106 valence electrons. The summed E-state index contributed by atoms with van der Waals surface area (Å²) in [4.78, 5) is 13.0. The molecule has 1 aromatic heterocycles. The van der Waals surface area contributed by atoms with Gasteiger partial charge in [0.05, 0.1) is 18.8 Å². The van der Waals surface area contributed by atoms with Crippen molar-refractivity contribution in [3.8, 4) is 0 Å². The second-order valence-electron chi connectivity index (χ2n) is 5.16. The zero-order valence-electron chi connectivity index (χ0n) is 11.5. The highest BCUT2D eigenvalue weighted by molar-refractivity contribution is 5.75. The topological polar surface area (TPSA) is 71.5 Å². The first-order chi connectivity index (χ1) is 9.19. The third-order valence-electron chi connectivity index (χ3n) is 3.70. The molecule has 0 aromatic carbocycles.